The Kier molecular flexibility index (Phi) is 10.4. The molecule has 49 heavy (non-hydrogen) atoms. The highest BCUT2D eigenvalue weighted by Crippen LogP contribution is 2.41. The van der Waals surface area contributed by atoms with E-state index in [1.54, 1.807) is 0 Å². The van der Waals surface area contributed by atoms with Crippen LogP contribution in [0.3, 0.4) is 0 Å². The number of allylic oxidation sites excluding steroid dienone is 13. The number of benzene rings is 4. The lowest BCUT2D eigenvalue weighted by atomic mass is 9.79. The van der Waals surface area contributed by atoms with Crippen molar-refractivity contribution < 1.29 is 0 Å². The highest BCUT2D eigenvalue weighted by molar-refractivity contribution is 5.92. The third-order valence-electron chi connectivity index (χ3n) is 9.95. The molecule has 1 atom stereocenters. The van der Waals surface area contributed by atoms with Crippen LogP contribution in [0.2, 0.25) is 0 Å². The van der Waals surface area contributed by atoms with Crippen LogP contribution in [0, 0.1) is 5.92 Å². The molecular formula is C47H48N2. The topological polar surface area (TPSA) is 29.3 Å². The summed E-state index contributed by atoms with van der Waals surface area (Å²) < 4.78 is 0. The molecular weight excluding hydrogens is 593 g/mol. The summed E-state index contributed by atoms with van der Waals surface area (Å²) in [6, 6.07) is 33.2. The number of anilines is 1. The van der Waals surface area contributed by atoms with Crippen LogP contribution in [0.15, 0.2) is 180 Å². The van der Waals surface area contributed by atoms with Gasteiger partial charge in [-0.05, 0) is 121 Å². The summed E-state index contributed by atoms with van der Waals surface area (Å²) in [5.74, 6) is 0.238. The van der Waals surface area contributed by atoms with Crippen molar-refractivity contribution in [1.82, 2.24) is 0 Å². The van der Waals surface area contributed by atoms with Gasteiger partial charge in [-0.1, -0.05) is 127 Å². The Balaban J connectivity index is 1.37. The Labute approximate surface area is 293 Å². The molecule has 0 heterocycles. The van der Waals surface area contributed by atoms with Crippen molar-refractivity contribution in [3.05, 3.63) is 191 Å². The average molecular weight is 641 g/mol. The first-order valence-electron chi connectivity index (χ1n) is 17.5. The van der Waals surface area contributed by atoms with Gasteiger partial charge in [0.05, 0.1) is 0 Å². The Bertz CT molecular complexity index is 2080. The molecule has 2 heteroatoms. The SMILES string of the molecule is C=C/C(C)=C\Cc1ccccc1-c1ccc2cc(C3=C(N(C)c4ccccc4)CC(C4=CCCC=C4/C(N)=C/C(C)=C\C)C=C3)ccc2c1. The van der Waals surface area contributed by atoms with E-state index in [1.165, 1.54) is 72.3 Å². The van der Waals surface area contributed by atoms with Crippen LogP contribution in [-0.4, -0.2) is 7.05 Å². The van der Waals surface area contributed by atoms with Crippen molar-refractivity contribution in [2.45, 2.75) is 46.5 Å². The molecule has 6 rings (SSSR count). The second-order valence-corrected chi connectivity index (χ2v) is 13.2. The number of rotatable bonds is 10. The Morgan fingerprint density at radius 3 is 2.31 bits per heavy atom. The molecule has 0 aromatic heterocycles. The Morgan fingerprint density at radius 1 is 0.857 bits per heavy atom. The monoisotopic (exact) mass is 640 g/mol. The van der Waals surface area contributed by atoms with Crippen molar-refractivity contribution >= 4 is 22.0 Å². The number of para-hydroxylation sites is 1. The number of hydrogen-bond donors (Lipinski definition) is 1. The van der Waals surface area contributed by atoms with Gasteiger partial charge >= 0.3 is 0 Å². The molecule has 0 bridgehead atoms. The van der Waals surface area contributed by atoms with Crippen LogP contribution in [0.25, 0.3) is 27.5 Å². The summed E-state index contributed by atoms with van der Waals surface area (Å²) in [6.45, 7) is 10.2. The van der Waals surface area contributed by atoms with E-state index in [2.05, 4.69) is 173 Å². The van der Waals surface area contributed by atoms with Crippen LogP contribution >= 0.6 is 0 Å². The normalized spacial score (nSPS) is 17.2. The van der Waals surface area contributed by atoms with Crippen molar-refractivity contribution in [1.29, 1.82) is 0 Å². The molecule has 2 aliphatic carbocycles. The number of nitrogens with zero attached hydrogens (tertiary/aromatic N) is 1. The second kappa shape index (κ2) is 15.3. The second-order valence-electron chi connectivity index (χ2n) is 13.2. The van der Waals surface area contributed by atoms with E-state index < -0.39 is 0 Å². The van der Waals surface area contributed by atoms with Gasteiger partial charge in [0, 0.05) is 35.6 Å². The van der Waals surface area contributed by atoms with E-state index in [1.807, 2.05) is 6.08 Å². The van der Waals surface area contributed by atoms with Crippen molar-refractivity contribution in [2.24, 2.45) is 11.7 Å². The summed E-state index contributed by atoms with van der Waals surface area (Å²) in [6.07, 6.45) is 21.7. The van der Waals surface area contributed by atoms with Crippen LogP contribution < -0.4 is 10.6 Å². The average Bonchev–Trinajstić information content (AvgIpc) is 3.16. The summed E-state index contributed by atoms with van der Waals surface area (Å²) in [4.78, 5) is 2.37. The fraction of sp³-hybridized carbons (Fsp3) is 0.191. The van der Waals surface area contributed by atoms with E-state index in [0.717, 1.165) is 31.4 Å². The van der Waals surface area contributed by atoms with Crippen LogP contribution in [0.1, 0.15) is 51.2 Å². The molecule has 4 aromatic carbocycles. The molecule has 1 unspecified atom stereocenters. The maximum absolute atomic E-state index is 6.73. The minimum atomic E-state index is 0.238. The van der Waals surface area contributed by atoms with Crippen LogP contribution in [0.4, 0.5) is 5.69 Å². The lowest BCUT2D eigenvalue weighted by Gasteiger charge is -2.33. The molecule has 0 saturated heterocycles. The standard InChI is InChI=1S/C47H48N2/c1-6-33(3)21-22-35-15-11-12-18-42(35)38-25-23-37-31-39(26-24-36(37)30-38)44-28-27-40(32-47(44)49(5)41-16-9-8-10-17-41)43-19-13-14-20-45(43)46(48)29-34(4)7-2/h6-12,15-21,23-31,40H,1,13-14,22,32,48H2,2-5H3/b33-21-,34-7-,46-29-. The van der Waals surface area contributed by atoms with Gasteiger partial charge in [-0.3, -0.25) is 0 Å². The Morgan fingerprint density at radius 2 is 1.55 bits per heavy atom. The van der Waals surface area contributed by atoms with Crippen molar-refractivity contribution in [3.63, 3.8) is 0 Å². The molecule has 246 valence electrons. The van der Waals surface area contributed by atoms with Gasteiger partial charge in [0.25, 0.3) is 0 Å². The number of nitrogens with two attached hydrogens (primary N) is 1. The van der Waals surface area contributed by atoms with E-state index in [-0.39, 0.29) is 5.92 Å². The van der Waals surface area contributed by atoms with E-state index >= 15 is 0 Å². The fourth-order valence-electron chi connectivity index (χ4n) is 6.95. The molecule has 0 fully saturated rings. The molecule has 2 nitrogen and oxygen atoms in total. The van der Waals surface area contributed by atoms with Gasteiger partial charge in [0.1, 0.15) is 0 Å². The predicted octanol–water partition coefficient (Wildman–Crippen LogP) is 12.1. The Hall–Kier alpha value is -5.34. The summed E-state index contributed by atoms with van der Waals surface area (Å²) in [5.41, 5.74) is 21.3. The highest BCUT2D eigenvalue weighted by Gasteiger charge is 2.27. The largest absolute Gasteiger partial charge is 0.398 e. The van der Waals surface area contributed by atoms with Gasteiger partial charge in [-0.15, -0.1) is 0 Å². The molecule has 2 aliphatic rings. The smallest absolute Gasteiger partial charge is 0.0405 e. The lowest BCUT2D eigenvalue weighted by molar-refractivity contribution is 0.715. The maximum Gasteiger partial charge on any atom is 0.0405 e. The van der Waals surface area contributed by atoms with Crippen molar-refractivity contribution in [2.75, 3.05) is 11.9 Å². The zero-order chi connectivity index (χ0) is 34.3. The molecule has 0 spiro atoms. The van der Waals surface area contributed by atoms with Gasteiger partial charge in [-0.25, -0.2) is 0 Å². The van der Waals surface area contributed by atoms with Gasteiger partial charge in [-0.2, -0.15) is 0 Å². The number of fused-ring (bicyclic) bond motifs is 1. The quantitative estimate of drug-likeness (QED) is 0.175. The first-order valence-corrected chi connectivity index (χ1v) is 17.5. The molecule has 0 radical (unpaired) electrons. The van der Waals surface area contributed by atoms with Crippen LogP contribution in [-0.2, 0) is 6.42 Å². The molecule has 0 aliphatic heterocycles. The molecule has 0 amide bonds. The minimum Gasteiger partial charge on any atom is -0.398 e. The molecule has 2 N–H and O–H groups in total. The van der Waals surface area contributed by atoms with E-state index in [0.29, 0.717) is 0 Å². The van der Waals surface area contributed by atoms with Crippen molar-refractivity contribution in [3.8, 4) is 11.1 Å². The van der Waals surface area contributed by atoms with Gasteiger partial charge in [0.15, 0.2) is 0 Å². The van der Waals surface area contributed by atoms with E-state index in [9.17, 15) is 0 Å². The molecule has 0 saturated carbocycles. The van der Waals surface area contributed by atoms with Crippen LogP contribution in [0.5, 0.6) is 0 Å². The lowest BCUT2D eigenvalue weighted by Crippen LogP contribution is -2.24. The first-order chi connectivity index (χ1) is 23.9. The third-order valence-corrected chi connectivity index (χ3v) is 9.95. The third kappa shape index (κ3) is 7.55. The van der Waals surface area contributed by atoms with Gasteiger partial charge in [0.2, 0.25) is 0 Å². The molecule has 4 aromatic rings. The highest BCUT2D eigenvalue weighted by atomic mass is 15.1. The minimum absolute atomic E-state index is 0.238. The number of hydrogen-bond acceptors (Lipinski definition) is 2. The summed E-state index contributed by atoms with van der Waals surface area (Å²) in [7, 11) is 2.20. The zero-order valence-corrected chi connectivity index (χ0v) is 29.4. The van der Waals surface area contributed by atoms with Gasteiger partial charge < -0.3 is 10.6 Å². The van der Waals surface area contributed by atoms with E-state index in [4.69, 9.17) is 5.73 Å². The first kappa shape index (κ1) is 33.6. The predicted molar refractivity (Wildman–Crippen MR) is 213 cm³/mol. The fourth-order valence-corrected chi connectivity index (χ4v) is 6.95. The summed E-state index contributed by atoms with van der Waals surface area (Å²) in [5, 5.41) is 2.48. The summed E-state index contributed by atoms with van der Waals surface area (Å²) >= 11 is 0. The maximum atomic E-state index is 6.73. The zero-order valence-electron chi connectivity index (χ0n) is 29.4.